The second kappa shape index (κ2) is 6.16. The molecule has 2 aromatic carbocycles. The molecule has 116 valence electrons. The molecule has 1 aliphatic rings. The SMILES string of the molecule is O=S(=O)(NCC1Cc2ccccc2CO1)c1ccccc1F. The van der Waals surface area contributed by atoms with Crippen molar-refractivity contribution in [3.63, 3.8) is 0 Å². The average molecular weight is 321 g/mol. The molecule has 2 aromatic rings. The molecule has 0 aromatic heterocycles. The molecule has 6 heteroatoms. The van der Waals surface area contributed by atoms with Crippen LogP contribution in [0.15, 0.2) is 53.4 Å². The molecule has 0 aliphatic carbocycles. The summed E-state index contributed by atoms with van der Waals surface area (Å²) in [6.07, 6.45) is 0.382. The van der Waals surface area contributed by atoms with Crippen LogP contribution in [0.3, 0.4) is 0 Å². The van der Waals surface area contributed by atoms with Crippen LogP contribution >= 0.6 is 0 Å². The van der Waals surface area contributed by atoms with Crippen molar-refractivity contribution in [2.75, 3.05) is 6.54 Å². The van der Waals surface area contributed by atoms with Gasteiger partial charge in [-0.15, -0.1) is 0 Å². The van der Waals surface area contributed by atoms with Gasteiger partial charge in [-0.25, -0.2) is 17.5 Å². The van der Waals surface area contributed by atoms with E-state index in [4.69, 9.17) is 4.74 Å². The van der Waals surface area contributed by atoms with Gasteiger partial charge in [-0.2, -0.15) is 0 Å². The van der Waals surface area contributed by atoms with E-state index in [2.05, 4.69) is 4.72 Å². The van der Waals surface area contributed by atoms with Crippen LogP contribution in [0, 0.1) is 5.82 Å². The van der Waals surface area contributed by atoms with Crippen molar-refractivity contribution in [2.45, 2.75) is 24.0 Å². The van der Waals surface area contributed by atoms with Crippen LogP contribution < -0.4 is 4.72 Å². The Balaban J connectivity index is 1.67. The van der Waals surface area contributed by atoms with E-state index in [1.54, 1.807) is 0 Å². The molecule has 0 amide bonds. The third-order valence-corrected chi connectivity index (χ3v) is 5.12. The molecule has 4 nitrogen and oxygen atoms in total. The summed E-state index contributed by atoms with van der Waals surface area (Å²) in [4.78, 5) is -0.341. The summed E-state index contributed by atoms with van der Waals surface area (Å²) in [5.41, 5.74) is 2.28. The topological polar surface area (TPSA) is 55.4 Å². The van der Waals surface area contributed by atoms with Crippen molar-refractivity contribution in [1.82, 2.24) is 4.72 Å². The summed E-state index contributed by atoms with van der Waals surface area (Å²) >= 11 is 0. The highest BCUT2D eigenvalue weighted by Gasteiger charge is 2.23. The molecule has 1 unspecified atom stereocenters. The van der Waals surface area contributed by atoms with Gasteiger partial charge in [0.05, 0.1) is 12.7 Å². The summed E-state index contributed by atoms with van der Waals surface area (Å²) in [6, 6.07) is 13.2. The number of ether oxygens (including phenoxy) is 1. The predicted molar refractivity (Wildman–Crippen MR) is 80.3 cm³/mol. The van der Waals surface area contributed by atoms with E-state index in [0.29, 0.717) is 13.0 Å². The first-order valence-corrected chi connectivity index (χ1v) is 8.47. The molecule has 1 N–H and O–H groups in total. The molecule has 1 atom stereocenters. The average Bonchev–Trinajstić information content (AvgIpc) is 2.53. The van der Waals surface area contributed by atoms with Gasteiger partial charge in [-0.3, -0.25) is 0 Å². The minimum Gasteiger partial charge on any atom is -0.372 e. The normalized spacial score (nSPS) is 18.0. The molecule has 22 heavy (non-hydrogen) atoms. The maximum absolute atomic E-state index is 13.6. The number of nitrogens with one attached hydrogen (secondary N) is 1. The zero-order valence-corrected chi connectivity index (χ0v) is 12.6. The minimum absolute atomic E-state index is 0.116. The molecule has 0 saturated heterocycles. The third kappa shape index (κ3) is 3.19. The van der Waals surface area contributed by atoms with Crippen LogP contribution in [-0.2, 0) is 27.8 Å². The standard InChI is InChI=1S/C16H16FNO3S/c17-15-7-3-4-8-16(15)22(19,20)18-10-14-9-12-5-1-2-6-13(12)11-21-14/h1-8,14,18H,9-11H2. The summed E-state index contributed by atoms with van der Waals surface area (Å²) in [5, 5.41) is 0. The first-order valence-electron chi connectivity index (χ1n) is 6.99. The summed E-state index contributed by atoms with van der Waals surface area (Å²) in [7, 11) is -3.87. The lowest BCUT2D eigenvalue weighted by atomic mass is 9.99. The van der Waals surface area contributed by atoms with Gasteiger partial charge in [0.15, 0.2) is 0 Å². The lowest BCUT2D eigenvalue weighted by molar-refractivity contribution is 0.0322. The second-order valence-corrected chi connectivity index (χ2v) is 6.92. The molecular weight excluding hydrogens is 305 g/mol. The van der Waals surface area contributed by atoms with E-state index < -0.39 is 15.8 Å². The van der Waals surface area contributed by atoms with E-state index in [9.17, 15) is 12.8 Å². The van der Waals surface area contributed by atoms with Gasteiger partial charge in [-0.05, 0) is 23.3 Å². The number of rotatable bonds is 4. The Kier molecular flexibility index (Phi) is 4.24. The van der Waals surface area contributed by atoms with Crippen molar-refractivity contribution in [3.8, 4) is 0 Å². The van der Waals surface area contributed by atoms with Crippen molar-refractivity contribution in [1.29, 1.82) is 0 Å². The van der Waals surface area contributed by atoms with E-state index in [1.165, 1.54) is 18.2 Å². The number of benzene rings is 2. The third-order valence-electron chi connectivity index (χ3n) is 3.67. The van der Waals surface area contributed by atoms with Gasteiger partial charge in [0.1, 0.15) is 10.7 Å². The maximum atomic E-state index is 13.6. The van der Waals surface area contributed by atoms with Crippen LogP contribution in [0.2, 0.25) is 0 Å². The predicted octanol–water partition coefficient (Wildman–Crippen LogP) is 2.25. The number of sulfonamides is 1. The molecular formula is C16H16FNO3S. The molecule has 0 spiro atoms. The highest BCUT2D eigenvalue weighted by Crippen LogP contribution is 2.20. The van der Waals surface area contributed by atoms with Crippen molar-refractivity contribution in [2.24, 2.45) is 0 Å². The maximum Gasteiger partial charge on any atom is 0.243 e. The summed E-state index contributed by atoms with van der Waals surface area (Å²) in [5.74, 6) is -0.759. The van der Waals surface area contributed by atoms with Gasteiger partial charge in [0.25, 0.3) is 0 Å². The van der Waals surface area contributed by atoms with Gasteiger partial charge < -0.3 is 4.74 Å². The Morgan fingerprint density at radius 2 is 1.77 bits per heavy atom. The zero-order chi connectivity index (χ0) is 15.6. The first-order chi connectivity index (χ1) is 10.6. The largest absolute Gasteiger partial charge is 0.372 e. The van der Waals surface area contributed by atoms with E-state index >= 15 is 0 Å². The lowest BCUT2D eigenvalue weighted by Gasteiger charge is -2.25. The minimum atomic E-state index is -3.87. The van der Waals surface area contributed by atoms with Crippen LogP contribution in [0.1, 0.15) is 11.1 Å². The molecule has 3 rings (SSSR count). The molecule has 0 fully saturated rings. The van der Waals surface area contributed by atoms with Gasteiger partial charge in [-0.1, -0.05) is 36.4 Å². The van der Waals surface area contributed by atoms with E-state index in [1.807, 2.05) is 24.3 Å². The number of halogens is 1. The number of fused-ring (bicyclic) bond motifs is 1. The second-order valence-electron chi connectivity index (χ2n) is 5.19. The fraction of sp³-hybridized carbons (Fsp3) is 0.250. The lowest BCUT2D eigenvalue weighted by Crippen LogP contribution is -2.37. The van der Waals surface area contributed by atoms with Crippen LogP contribution in [0.25, 0.3) is 0 Å². The van der Waals surface area contributed by atoms with Gasteiger partial charge >= 0.3 is 0 Å². The van der Waals surface area contributed by atoms with Crippen molar-refractivity contribution < 1.29 is 17.5 Å². The van der Waals surface area contributed by atoms with Crippen LogP contribution in [0.4, 0.5) is 4.39 Å². The quantitative estimate of drug-likeness (QED) is 0.940. The van der Waals surface area contributed by atoms with E-state index in [-0.39, 0.29) is 17.5 Å². The highest BCUT2D eigenvalue weighted by atomic mass is 32.2. The smallest absolute Gasteiger partial charge is 0.243 e. The molecule has 1 heterocycles. The zero-order valence-electron chi connectivity index (χ0n) is 11.8. The van der Waals surface area contributed by atoms with Crippen LogP contribution in [-0.4, -0.2) is 21.1 Å². The fourth-order valence-corrected chi connectivity index (χ4v) is 3.63. The van der Waals surface area contributed by atoms with Gasteiger partial charge in [0, 0.05) is 13.0 Å². The Bertz CT molecular complexity index is 776. The Morgan fingerprint density at radius 1 is 1.09 bits per heavy atom. The summed E-state index contributed by atoms with van der Waals surface area (Å²) < 4.78 is 45.9. The van der Waals surface area contributed by atoms with Crippen molar-refractivity contribution >= 4 is 10.0 Å². The Labute approximate surface area is 129 Å². The monoisotopic (exact) mass is 321 g/mol. The van der Waals surface area contributed by atoms with Crippen LogP contribution in [0.5, 0.6) is 0 Å². The van der Waals surface area contributed by atoms with Crippen molar-refractivity contribution in [3.05, 3.63) is 65.5 Å². The first kappa shape index (κ1) is 15.1. The molecule has 0 saturated carbocycles. The molecule has 0 radical (unpaired) electrons. The van der Waals surface area contributed by atoms with Gasteiger partial charge in [0.2, 0.25) is 10.0 Å². The van der Waals surface area contributed by atoms with E-state index in [0.717, 1.165) is 17.2 Å². The highest BCUT2D eigenvalue weighted by molar-refractivity contribution is 7.89. The Morgan fingerprint density at radius 3 is 2.55 bits per heavy atom. The molecule has 1 aliphatic heterocycles. The number of hydrogen-bond acceptors (Lipinski definition) is 3. The molecule has 0 bridgehead atoms. The fourth-order valence-electron chi connectivity index (χ4n) is 2.48. The summed E-state index contributed by atoms with van der Waals surface area (Å²) in [6.45, 7) is 0.577. The Hall–Kier alpha value is -1.76. The number of hydrogen-bond donors (Lipinski definition) is 1.